The van der Waals surface area contributed by atoms with E-state index >= 15 is 0 Å². The normalized spacial score (nSPS) is 23.4. The Balaban J connectivity index is 1.06. The number of hydrogen-bond acceptors (Lipinski definition) is 4. The fourth-order valence-corrected chi connectivity index (χ4v) is 9.98. The number of hydrogen-bond donors (Lipinski definition) is 0. The lowest BCUT2D eigenvalue weighted by atomic mass is 9.74. The number of carbonyl (C=O) groups is 2. The van der Waals surface area contributed by atoms with Crippen LogP contribution in [0.4, 0.5) is 11.4 Å². The molecule has 2 saturated heterocycles. The van der Waals surface area contributed by atoms with Gasteiger partial charge in [0.1, 0.15) is 11.3 Å². The second-order valence-electron chi connectivity index (χ2n) is 16.2. The molecule has 54 heavy (non-hydrogen) atoms. The second kappa shape index (κ2) is 12.3. The third-order valence-electron chi connectivity index (χ3n) is 12.7. The molecule has 270 valence electrons. The van der Waals surface area contributed by atoms with Crippen LogP contribution in [0.5, 0.6) is 0 Å². The van der Waals surface area contributed by atoms with Crippen LogP contribution in [-0.2, 0) is 33.5 Å². The molecule has 5 aromatic carbocycles. The Morgan fingerprint density at radius 3 is 1.22 bits per heavy atom. The van der Waals surface area contributed by atoms with Crippen LogP contribution >= 0.6 is 0 Å². The van der Waals surface area contributed by atoms with E-state index in [-0.39, 0.29) is 22.6 Å². The Labute approximate surface area is 318 Å². The maximum absolute atomic E-state index is 13.9. The van der Waals surface area contributed by atoms with E-state index in [0.717, 1.165) is 33.6 Å². The number of rotatable bonds is 8. The number of carbonyl (C=O) groups excluding carboxylic acids is 2. The quantitative estimate of drug-likeness (QED) is 0.162. The number of benzene rings is 5. The van der Waals surface area contributed by atoms with Crippen molar-refractivity contribution in [1.29, 1.82) is 0 Å². The lowest BCUT2D eigenvalue weighted by Crippen LogP contribution is -2.60. The van der Waals surface area contributed by atoms with Crippen LogP contribution in [0.3, 0.4) is 0 Å². The molecule has 9 rings (SSSR count). The zero-order valence-electron chi connectivity index (χ0n) is 31.4. The standard InChI is InChI=1S/C48H46N4O2/c1-45(2)39-19-11-13-21-41(39)49-33-43(53)51(31-37-15-7-5-8-16-37)47(45,49)29-27-35-23-25-36(26-24-35)28-30-48-46(3,4)40-20-12-14-22-42(40)50(48)34-44(54)52(48)32-38-17-9-6-10-18-38/h5-30H,31-34H2,1-4H3/b29-27+,30-28+. The van der Waals surface area contributed by atoms with E-state index in [4.69, 9.17) is 0 Å². The molecule has 2 amide bonds. The van der Waals surface area contributed by atoms with Crippen LogP contribution in [-0.4, -0.2) is 46.0 Å². The van der Waals surface area contributed by atoms with Crippen molar-refractivity contribution in [2.75, 3.05) is 22.9 Å². The predicted octanol–water partition coefficient (Wildman–Crippen LogP) is 8.79. The molecular weight excluding hydrogens is 665 g/mol. The Hall–Kier alpha value is -5.88. The third-order valence-corrected chi connectivity index (χ3v) is 12.7. The molecule has 4 heterocycles. The summed E-state index contributed by atoms with van der Waals surface area (Å²) in [6.45, 7) is 10.8. The molecule has 0 aromatic heterocycles. The van der Waals surface area contributed by atoms with E-state index in [1.165, 1.54) is 11.1 Å². The van der Waals surface area contributed by atoms with Gasteiger partial charge in [0.2, 0.25) is 11.8 Å². The SMILES string of the molecule is CC1(C)c2ccccc2N2CC(=O)N(Cc3ccccc3)C21/C=C/c1ccc(/C=C/C23N(Cc4ccccc4)C(=O)CN2c2ccccc2C3(C)C)cc1. The fraction of sp³-hybridized carbons (Fsp3) is 0.250. The van der Waals surface area contributed by atoms with Gasteiger partial charge in [-0.1, -0.05) is 161 Å². The van der Waals surface area contributed by atoms with Crippen molar-refractivity contribution in [3.05, 3.63) is 179 Å². The van der Waals surface area contributed by atoms with E-state index < -0.39 is 11.3 Å². The van der Waals surface area contributed by atoms with Gasteiger partial charge in [-0.05, 0) is 57.7 Å². The summed E-state index contributed by atoms with van der Waals surface area (Å²) in [5.74, 6) is 0.257. The topological polar surface area (TPSA) is 47.1 Å². The summed E-state index contributed by atoms with van der Waals surface area (Å²) in [6.07, 6.45) is 8.87. The van der Waals surface area contributed by atoms with Gasteiger partial charge in [-0.25, -0.2) is 0 Å². The van der Waals surface area contributed by atoms with Crippen molar-refractivity contribution < 1.29 is 9.59 Å². The van der Waals surface area contributed by atoms with Crippen molar-refractivity contribution in [2.45, 2.75) is 62.9 Å². The molecule has 4 aliphatic rings. The van der Waals surface area contributed by atoms with Crippen LogP contribution in [0, 0.1) is 0 Å². The third kappa shape index (κ3) is 4.78. The van der Waals surface area contributed by atoms with E-state index in [2.05, 4.69) is 169 Å². The van der Waals surface area contributed by atoms with Crippen LogP contribution in [0.25, 0.3) is 12.2 Å². The number of anilines is 2. The van der Waals surface area contributed by atoms with Gasteiger partial charge in [-0.15, -0.1) is 0 Å². The van der Waals surface area contributed by atoms with Crippen molar-refractivity contribution >= 4 is 35.3 Å². The molecule has 2 atom stereocenters. The summed E-state index contributed by atoms with van der Waals surface area (Å²) in [5, 5.41) is 0. The first-order valence-corrected chi connectivity index (χ1v) is 19.0. The summed E-state index contributed by atoms with van der Waals surface area (Å²) < 4.78 is 0. The number of para-hydroxylation sites is 2. The predicted molar refractivity (Wildman–Crippen MR) is 218 cm³/mol. The average molecular weight is 711 g/mol. The van der Waals surface area contributed by atoms with Gasteiger partial charge in [0, 0.05) is 35.3 Å². The lowest BCUT2D eigenvalue weighted by molar-refractivity contribution is -0.132. The monoisotopic (exact) mass is 710 g/mol. The fourth-order valence-electron chi connectivity index (χ4n) is 9.98. The Bertz CT molecular complexity index is 2150. The zero-order chi connectivity index (χ0) is 37.3. The van der Waals surface area contributed by atoms with Crippen molar-refractivity contribution in [1.82, 2.24) is 9.80 Å². The lowest BCUT2D eigenvalue weighted by Gasteiger charge is -2.47. The molecule has 2 fully saturated rings. The molecule has 0 radical (unpaired) electrons. The first-order chi connectivity index (χ1) is 26.1. The molecule has 0 saturated carbocycles. The van der Waals surface area contributed by atoms with E-state index in [1.807, 2.05) is 36.4 Å². The molecule has 4 aliphatic heterocycles. The molecule has 0 N–H and O–H groups in total. The molecule has 0 bridgehead atoms. The van der Waals surface area contributed by atoms with Gasteiger partial charge in [-0.2, -0.15) is 0 Å². The van der Waals surface area contributed by atoms with Gasteiger partial charge < -0.3 is 19.6 Å². The summed E-state index contributed by atoms with van der Waals surface area (Å²) >= 11 is 0. The average Bonchev–Trinajstić information content (AvgIpc) is 3.77. The Morgan fingerprint density at radius 1 is 0.481 bits per heavy atom. The van der Waals surface area contributed by atoms with Gasteiger partial charge in [0.05, 0.1) is 13.1 Å². The molecule has 2 unspecified atom stereocenters. The van der Waals surface area contributed by atoms with Gasteiger partial charge in [0.15, 0.2) is 0 Å². The molecule has 6 nitrogen and oxygen atoms in total. The Kier molecular flexibility index (Phi) is 7.75. The summed E-state index contributed by atoms with van der Waals surface area (Å²) in [6, 6.07) is 46.2. The van der Waals surface area contributed by atoms with Crippen LogP contribution in [0.15, 0.2) is 146 Å². The Morgan fingerprint density at radius 2 is 0.833 bits per heavy atom. The first-order valence-electron chi connectivity index (χ1n) is 19.0. The molecular formula is C48H46N4O2. The maximum atomic E-state index is 13.9. The molecule has 0 aliphatic carbocycles. The van der Waals surface area contributed by atoms with Gasteiger partial charge in [-0.3, -0.25) is 9.59 Å². The van der Waals surface area contributed by atoms with E-state index in [1.54, 1.807) is 0 Å². The van der Waals surface area contributed by atoms with Gasteiger partial charge in [0.25, 0.3) is 0 Å². The smallest absolute Gasteiger partial charge is 0.244 e. The van der Waals surface area contributed by atoms with Gasteiger partial charge >= 0.3 is 0 Å². The summed E-state index contributed by atoms with van der Waals surface area (Å²) in [4.78, 5) is 36.5. The minimum Gasteiger partial charge on any atom is -0.335 e. The van der Waals surface area contributed by atoms with Crippen molar-refractivity contribution in [3.63, 3.8) is 0 Å². The zero-order valence-corrected chi connectivity index (χ0v) is 31.4. The number of nitrogens with zero attached hydrogens (tertiary/aromatic N) is 4. The van der Waals surface area contributed by atoms with E-state index in [9.17, 15) is 9.59 Å². The van der Waals surface area contributed by atoms with Crippen molar-refractivity contribution in [2.24, 2.45) is 0 Å². The van der Waals surface area contributed by atoms with Crippen LogP contribution in [0.1, 0.15) is 61.1 Å². The first kappa shape index (κ1) is 33.9. The highest BCUT2D eigenvalue weighted by Gasteiger charge is 2.65. The second-order valence-corrected chi connectivity index (χ2v) is 16.2. The molecule has 0 spiro atoms. The van der Waals surface area contributed by atoms with E-state index in [0.29, 0.717) is 26.2 Å². The summed E-state index contributed by atoms with van der Waals surface area (Å²) in [5.41, 5.74) is 6.98. The largest absolute Gasteiger partial charge is 0.335 e. The number of amides is 2. The highest BCUT2D eigenvalue weighted by atomic mass is 16.2. The maximum Gasteiger partial charge on any atom is 0.244 e. The van der Waals surface area contributed by atoms with Crippen LogP contribution < -0.4 is 9.80 Å². The molecule has 6 heteroatoms. The highest BCUT2D eigenvalue weighted by Crippen LogP contribution is 2.58. The minimum atomic E-state index is -0.676. The number of fused-ring (bicyclic) bond motifs is 6. The summed E-state index contributed by atoms with van der Waals surface area (Å²) in [7, 11) is 0. The highest BCUT2D eigenvalue weighted by molar-refractivity contribution is 5.93. The molecule has 5 aromatic rings. The van der Waals surface area contributed by atoms with Crippen molar-refractivity contribution in [3.8, 4) is 0 Å². The van der Waals surface area contributed by atoms with Crippen LogP contribution in [0.2, 0.25) is 0 Å². The minimum absolute atomic E-state index is 0.128.